The van der Waals surface area contributed by atoms with Crippen molar-refractivity contribution in [1.82, 2.24) is 0 Å². The van der Waals surface area contributed by atoms with Gasteiger partial charge in [-0.3, -0.25) is 9.98 Å². The first-order valence-corrected chi connectivity index (χ1v) is 4.23. The Morgan fingerprint density at radius 1 is 1.25 bits per heavy atom. The average molecular weight is 164 g/mol. The third kappa shape index (κ3) is 2.82. The normalized spacial score (nSPS) is 14.9. The molecule has 0 saturated carbocycles. The second kappa shape index (κ2) is 6.53. The van der Waals surface area contributed by atoms with Crippen LogP contribution in [0.25, 0.3) is 0 Å². The second-order valence-electron chi connectivity index (χ2n) is 1.93. The number of rotatable bonds is 2. The average Bonchev–Trinajstić information content (AvgIpc) is 2.56. The first-order valence-electron chi connectivity index (χ1n) is 4.23. The summed E-state index contributed by atoms with van der Waals surface area (Å²) in [5.41, 5.74) is 1.84. The fourth-order valence-corrected chi connectivity index (χ4v) is 0.815. The first kappa shape index (κ1) is 10.8. The summed E-state index contributed by atoms with van der Waals surface area (Å²) in [5, 5.41) is 0. The molecule has 1 aliphatic heterocycles. The predicted molar refractivity (Wildman–Crippen MR) is 56.1 cm³/mol. The number of hydrogen-bond donors (Lipinski definition) is 0. The Morgan fingerprint density at radius 2 is 1.83 bits per heavy atom. The maximum absolute atomic E-state index is 4.13. The zero-order valence-electron chi connectivity index (χ0n) is 8.04. The van der Waals surface area contributed by atoms with Crippen LogP contribution in [0.4, 0.5) is 0 Å². The molecule has 0 bridgehead atoms. The smallest absolute Gasteiger partial charge is 0.130 e. The molecule has 0 saturated heterocycles. The fourth-order valence-electron chi connectivity index (χ4n) is 0.815. The molecular formula is C10H16N2. The third-order valence-electron chi connectivity index (χ3n) is 1.26. The van der Waals surface area contributed by atoms with Crippen LogP contribution in [0.2, 0.25) is 0 Å². The molecule has 1 aliphatic rings. The van der Waals surface area contributed by atoms with E-state index in [-0.39, 0.29) is 0 Å². The zero-order valence-corrected chi connectivity index (χ0v) is 8.04. The van der Waals surface area contributed by atoms with Crippen LogP contribution in [0.15, 0.2) is 34.8 Å². The van der Waals surface area contributed by atoms with Gasteiger partial charge in [-0.15, -0.1) is 0 Å². The molecule has 2 nitrogen and oxygen atoms in total. The summed E-state index contributed by atoms with van der Waals surface area (Å²) in [6.07, 6.45) is 5.61. The summed E-state index contributed by atoms with van der Waals surface area (Å²) in [5.74, 6) is 0. The van der Waals surface area contributed by atoms with Gasteiger partial charge >= 0.3 is 0 Å². The fraction of sp³-hybridized carbons (Fsp3) is 0.400. The lowest BCUT2D eigenvalue weighted by Crippen LogP contribution is -2.02. The minimum Gasteiger partial charge on any atom is -0.260 e. The van der Waals surface area contributed by atoms with Crippen molar-refractivity contribution in [3.8, 4) is 0 Å². The highest BCUT2D eigenvalue weighted by Crippen LogP contribution is 1.98. The van der Waals surface area contributed by atoms with Crippen LogP contribution in [0.3, 0.4) is 0 Å². The minimum absolute atomic E-state index is 0.557. The zero-order chi connectivity index (χ0) is 9.40. The minimum atomic E-state index is 0.557. The Balaban J connectivity index is 0.000000561. The Bertz CT molecular complexity index is 222. The molecule has 0 aliphatic carbocycles. The summed E-state index contributed by atoms with van der Waals surface area (Å²) in [6.45, 7) is 10.1. The molecule has 1 heterocycles. The molecule has 0 aromatic rings. The van der Waals surface area contributed by atoms with E-state index in [0.717, 1.165) is 11.4 Å². The molecule has 0 atom stereocenters. The van der Waals surface area contributed by atoms with E-state index in [0.29, 0.717) is 6.67 Å². The molecule has 2 heteroatoms. The SMILES string of the molecule is C=CC1=NCN=C1/C=C\C.CC. The van der Waals surface area contributed by atoms with Gasteiger partial charge in [-0.1, -0.05) is 26.5 Å². The quantitative estimate of drug-likeness (QED) is 0.599. The van der Waals surface area contributed by atoms with E-state index >= 15 is 0 Å². The molecular weight excluding hydrogens is 148 g/mol. The standard InChI is InChI=1S/C8H10N2.C2H6/c1-3-5-8-7(4-2)9-6-10-8;1-2/h3-5H,2,6H2,1H3;1-2H3/b5-3-;. The van der Waals surface area contributed by atoms with Crippen LogP contribution >= 0.6 is 0 Å². The van der Waals surface area contributed by atoms with Crippen molar-refractivity contribution < 1.29 is 0 Å². The van der Waals surface area contributed by atoms with Gasteiger partial charge in [0.25, 0.3) is 0 Å². The van der Waals surface area contributed by atoms with Gasteiger partial charge in [0.1, 0.15) is 6.67 Å². The van der Waals surface area contributed by atoms with E-state index in [4.69, 9.17) is 0 Å². The topological polar surface area (TPSA) is 24.7 Å². The van der Waals surface area contributed by atoms with Gasteiger partial charge in [0.05, 0.1) is 11.4 Å². The van der Waals surface area contributed by atoms with Crippen molar-refractivity contribution in [1.29, 1.82) is 0 Å². The Morgan fingerprint density at radius 3 is 2.33 bits per heavy atom. The van der Waals surface area contributed by atoms with Crippen molar-refractivity contribution in [2.24, 2.45) is 9.98 Å². The van der Waals surface area contributed by atoms with Crippen LogP contribution in [-0.2, 0) is 0 Å². The maximum Gasteiger partial charge on any atom is 0.130 e. The van der Waals surface area contributed by atoms with E-state index < -0.39 is 0 Å². The summed E-state index contributed by atoms with van der Waals surface area (Å²) in [4.78, 5) is 8.23. The molecule has 0 unspecified atom stereocenters. The predicted octanol–water partition coefficient (Wildman–Crippen LogP) is 2.63. The summed E-state index contributed by atoms with van der Waals surface area (Å²) < 4.78 is 0. The van der Waals surface area contributed by atoms with Crippen molar-refractivity contribution >= 4 is 11.4 Å². The number of aliphatic imine (C=N–C) groups is 2. The third-order valence-corrected chi connectivity index (χ3v) is 1.26. The van der Waals surface area contributed by atoms with Crippen molar-refractivity contribution in [2.75, 3.05) is 6.67 Å². The van der Waals surface area contributed by atoms with Crippen LogP contribution < -0.4 is 0 Å². The van der Waals surface area contributed by atoms with Gasteiger partial charge in [0, 0.05) is 0 Å². The molecule has 0 aromatic carbocycles. The van der Waals surface area contributed by atoms with Gasteiger partial charge in [-0.25, -0.2) is 0 Å². The summed E-state index contributed by atoms with van der Waals surface area (Å²) in [6, 6.07) is 0. The van der Waals surface area contributed by atoms with Crippen molar-refractivity contribution in [2.45, 2.75) is 20.8 Å². The Hall–Kier alpha value is -1.18. The molecule has 0 radical (unpaired) electrons. The Kier molecular flexibility index (Phi) is 5.88. The van der Waals surface area contributed by atoms with Crippen LogP contribution in [-0.4, -0.2) is 18.1 Å². The largest absolute Gasteiger partial charge is 0.260 e. The molecule has 0 amide bonds. The summed E-state index contributed by atoms with van der Waals surface area (Å²) in [7, 11) is 0. The van der Waals surface area contributed by atoms with E-state index in [9.17, 15) is 0 Å². The maximum atomic E-state index is 4.13. The van der Waals surface area contributed by atoms with Crippen LogP contribution in [0.5, 0.6) is 0 Å². The molecule has 0 N–H and O–H groups in total. The molecule has 1 rings (SSSR count). The number of hydrogen-bond acceptors (Lipinski definition) is 2. The van der Waals surface area contributed by atoms with E-state index in [1.165, 1.54) is 0 Å². The van der Waals surface area contributed by atoms with Gasteiger partial charge in [-0.05, 0) is 19.1 Å². The highest BCUT2D eigenvalue weighted by atomic mass is 15.0. The van der Waals surface area contributed by atoms with E-state index in [1.807, 2.05) is 32.9 Å². The number of nitrogens with zero attached hydrogens (tertiary/aromatic N) is 2. The molecule has 0 fully saturated rings. The van der Waals surface area contributed by atoms with Gasteiger partial charge < -0.3 is 0 Å². The highest BCUT2D eigenvalue weighted by molar-refractivity contribution is 6.51. The molecule has 12 heavy (non-hydrogen) atoms. The van der Waals surface area contributed by atoms with Gasteiger partial charge in [0.15, 0.2) is 0 Å². The second-order valence-corrected chi connectivity index (χ2v) is 1.93. The lowest BCUT2D eigenvalue weighted by molar-refractivity contribution is 1.10. The van der Waals surface area contributed by atoms with E-state index in [1.54, 1.807) is 6.08 Å². The lowest BCUT2D eigenvalue weighted by Gasteiger charge is -1.89. The number of allylic oxidation sites excluding steroid dienone is 3. The lowest BCUT2D eigenvalue weighted by atomic mass is 10.2. The molecule has 0 spiro atoms. The Labute approximate surface area is 74.4 Å². The summed E-state index contributed by atoms with van der Waals surface area (Å²) >= 11 is 0. The van der Waals surface area contributed by atoms with Crippen molar-refractivity contribution in [3.63, 3.8) is 0 Å². The van der Waals surface area contributed by atoms with Gasteiger partial charge in [-0.2, -0.15) is 0 Å². The van der Waals surface area contributed by atoms with Crippen LogP contribution in [0, 0.1) is 0 Å². The molecule has 0 aromatic heterocycles. The van der Waals surface area contributed by atoms with E-state index in [2.05, 4.69) is 16.6 Å². The molecule has 66 valence electrons. The van der Waals surface area contributed by atoms with Crippen LogP contribution in [0.1, 0.15) is 20.8 Å². The van der Waals surface area contributed by atoms with Crippen molar-refractivity contribution in [3.05, 3.63) is 24.8 Å². The van der Waals surface area contributed by atoms with Gasteiger partial charge in [0.2, 0.25) is 0 Å². The monoisotopic (exact) mass is 164 g/mol. The first-order chi connectivity index (χ1) is 5.88. The highest BCUT2D eigenvalue weighted by Gasteiger charge is 2.04.